The average Bonchev–Trinajstić information content (AvgIpc) is 3.19. The van der Waals surface area contributed by atoms with Crippen LogP contribution in [0.1, 0.15) is 47.3 Å². The highest BCUT2D eigenvalue weighted by molar-refractivity contribution is 7.20. The Kier molecular flexibility index (Phi) is 6.15. The summed E-state index contributed by atoms with van der Waals surface area (Å²) in [6.45, 7) is 1.56. The van der Waals surface area contributed by atoms with Gasteiger partial charge in [-0.1, -0.05) is 42.8 Å². The van der Waals surface area contributed by atoms with Crippen LogP contribution in [0.2, 0.25) is 0 Å². The van der Waals surface area contributed by atoms with Gasteiger partial charge in [0.25, 0.3) is 5.56 Å². The molecule has 7 nitrogen and oxygen atoms in total. The predicted octanol–water partition coefficient (Wildman–Crippen LogP) is 5.05. The summed E-state index contributed by atoms with van der Waals surface area (Å²) in [6.07, 6.45) is 6.37. The first-order valence-electron chi connectivity index (χ1n) is 11.5. The van der Waals surface area contributed by atoms with Crippen LogP contribution >= 0.6 is 11.3 Å². The predicted molar refractivity (Wildman–Crippen MR) is 133 cm³/mol. The third-order valence-corrected chi connectivity index (χ3v) is 7.49. The van der Waals surface area contributed by atoms with Crippen molar-refractivity contribution in [1.82, 2.24) is 9.55 Å². The summed E-state index contributed by atoms with van der Waals surface area (Å²) in [7, 11) is 0. The molecule has 0 atom stereocenters. The monoisotopic (exact) mass is 475 g/mol. The number of aryl methyl sites for hydroxylation is 1. The molecule has 174 valence electrons. The number of fused-ring (bicyclic) bond motifs is 2. The van der Waals surface area contributed by atoms with Crippen molar-refractivity contribution >= 4 is 49.9 Å². The highest BCUT2D eigenvalue weighted by Crippen LogP contribution is 2.29. The van der Waals surface area contributed by atoms with Crippen LogP contribution in [-0.4, -0.2) is 27.5 Å². The van der Waals surface area contributed by atoms with Crippen molar-refractivity contribution in [1.29, 1.82) is 0 Å². The SMILES string of the molecule is Cc1c(C(=O)OC2CCCCC2)sc2ncn(CC(=O)Nc3cccc4ccccc34)c(=O)c12. The van der Waals surface area contributed by atoms with E-state index in [0.717, 1.165) is 36.5 Å². The molecule has 1 saturated carbocycles. The summed E-state index contributed by atoms with van der Waals surface area (Å²) < 4.78 is 6.97. The van der Waals surface area contributed by atoms with E-state index in [1.807, 2.05) is 42.5 Å². The molecule has 4 aromatic rings. The number of hydrogen-bond donors (Lipinski definition) is 1. The summed E-state index contributed by atoms with van der Waals surface area (Å²) in [5, 5.41) is 5.20. The number of amides is 1. The Bertz CT molecular complexity index is 1440. The van der Waals surface area contributed by atoms with E-state index in [2.05, 4.69) is 10.3 Å². The number of anilines is 1. The lowest BCUT2D eigenvalue weighted by molar-refractivity contribution is -0.116. The van der Waals surface area contributed by atoms with Gasteiger partial charge in [-0.2, -0.15) is 0 Å². The van der Waals surface area contributed by atoms with Crippen LogP contribution in [0, 0.1) is 6.92 Å². The van der Waals surface area contributed by atoms with Gasteiger partial charge in [-0.05, 0) is 49.6 Å². The van der Waals surface area contributed by atoms with Gasteiger partial charge >= 0.3 is 5.97 Å². The fourth-order valence-corrected chi connectivity index (χ4v) is 5.56. The maximum Gasteiger partial charge on any atom is 0.348 e. The Balaban J connectivity index is 1.37. The molecule has 0 unspecified atom stereocenters. The Labute approximate surface area is 200 Å². The second-order valence-electron chi connectivity index (χ2n) is 8.65. The summed E-state index contributed by atoms with van der Waals surface area (Å²) in [6, 6.07) is 13.5. The van der Waals surface area contributed by atoms with Gasteiger partial charge in [-0.3, -0.25) is 14.2 Å². The van der Waals surface area contributed by atoms with Crippen molar-refractivity contribution in [2.45, 2.75) is 51.7 Å². The van der Waals surface area contributed by atoms with Gasteiger partial charge in [0, 0.05) is 11.1 Å². The first-order valence-corrected chi connectivity index (χ1v) is 12.3. The molecule has 0 spiro atoms. The van der Waals surface area contributed by atoms with E-state index < -0.39 is 5.97 Å². The highest BCUT2D eigenvalue weighted by atomic mass is 32.1. The van der Waals surface area contributed by atoms with Gasteiger partial charge in [0.05, 0.1) is 11.7 Å². The largest absolute Gasteiger partial charge is 0.458 e. The number of aromatic nitrogens is 2. The van der Waals surface area contributed by atoms with E-state index in [9.17, 15) is 14.4 Å². The molecule has 2 heterocycles. The van der Waals surface area contributed by atoms with E-state index in [0.29, 0.717) is 26.3 Å². The van der Waals surface area contributed by atoms with Gasteiger partial charge in [-0.25, -0.2) is 9.78 Å². The zero-order valence-electron chi connectivity index (χ0n) is 18.9. The van der Waals surface area contributed by atoms with Crippen LogP contribution in [0.4, 0.5) is 5.69 Å². The molecule has 1 amide bonds. The molecule has 1 N–H and O–H groups in total. The first kappa shape index (κ1) is 22.3. The van der Waals surface area contributed by atoms with E-state index in [-0.39, 0.29) is 24.1 Å². The van der Waals surface area contributed by atoms with Gasteiger partial charge < -0.3 is 10.1 Å². The molecule has 34 heavy (non-hydrogen) atoms. The maximum atomic E-state index is 13.2. The van der Waals surface area contributed by atoms with Crippen molar-refractivity contribution in [2.24, 2.45) is 0 Å². The van der Waals surface area contributed by atoms with Gasteiger partial charge in [0.2, 0.25) is 5.91 Å². The van der Waals surface area contributed by atoms with Crippen LogP contribution in [0.5, 0.6) is 0 Å². The van der Waals surface area contributed by atoms with Gasteiger partial charge in [0.1, 0.15) is 22.4 Å². The lowest BCUT2D eigenvalue weighted by Crippen LogP contribution is -2.28. The molecule has 2 aromatic heterocycles. The molecular weight excluding hydrogens is 450 g/mol. The molecule has 0 aliphatic heterocycles. The minimum atomic E-state index is -0.396. The number of carbonyl (C=O) groups excluding carboxylic acids is 2. The molecule has 2 aromatic carbocycles. The van der Waals surface area contributed by atoms with Crippen molar-refractivity contribution in [2.75, 3.05) is 5.32 Å². The summed E-state index contributed by atoms with van der Waals surface area (Å²) >= 11 is 1.17. The highest BCUT2D eigenvalue weighted by Gasteiger charge is 2.24. The molecule has 1 aliphatic rings. The topological polar surface area (TPSA) is 90.3 Å². The number of nitrogens with one attached hydrogen (secondary N) is 1. The Morgan fingerprint density at radius 2 is 1.88 bits per heavy atom. The Morgan fingerprint density at radius 3 is 2.71 bits per heavy atom. The third kappa shape index (κ3) is 4.33. The van der Waals surface area contributed by atoms with E-state index in [1.54, 1.807) is 6.92 Å². The Hall–Kier alpha value is -3.52. The van der Waals surface area contributed by atoms with E-state index >= 15 is 0 Å². The van der Waals surface area contributed by atoms with Crippen LogP contribution in [0.3, 0.4) is 0 Å². The van der Waals surface area contributed by atoms with Gasteiger partial charge in [0.15, 0.2) is 0 Å². The number of rotatable bonds is 5. The number of thiophene rings is 1. The number of carbonyl (C=O) groups is 2. The number of nitrogens with zero attached hydrogens (tertiary/aromatic N) is 2. The zero-order valence-corrected chi connectivity index (χ0v) is 19.7. The molecule has 1 fully saturated rings. The van der Waals surface area contributed by atoms with Crippen LogP contribution in [-0.2, 0) is 16.1 Å². The fraction of sp³-hybridized carbons (Fsp3) is 0.308. The van der Waals surface area contributed by atoms with Crippen molar-refractivity contribution < 1.29 is 14.3 Å². The molecule has 0 saturated heterocycles. The maximum absolute atomic E-state index is 13.2. The molecule has 0 bridgehead atoms. The molecular formula is C26H25N3O4S. The first-order chi connectivity index (χ1) is 16.5. The number of esters is 1. The van der Waals surface area contributed by atoms with Crippen molar-refractivity contribution in [3.05, 3.63) is 69.6 Å². The van der Waals surface area contributed by atoms with Crippen molar-refractivity contribution in [3.63, 3.8) is 0 Å². The minimum Gasteiger partial charge on any atom is -0.458 e. The summed E-state index contributed by atoms with van der Waals surface area (Å²) in [4.78, 5) is 43.9. The molecule has 1 aliphatic carbocycles. The number of hydrogen-bond acceptors (Lipinski definition) is 6. The lowest BCUT2D eigenvalue weighted by Gasteiger charge is -2.21. The third-order valence-electron chi connectivity index (χ3n) is 6.31. The zero-order chi connectivity index (χ0) is 23.7. The van der Waals surface area contributed by atoms with Gasteiger partial charge in [-0.15, -0.1) is 11.3 Å². The van der Waals surface area contributed by atoms with Crippen molar-refractivity contribution in [3.8, 4) is 0 Å². The quantitative estimate of drug-likeness (QED) is 0.408. The number of ether oxygens (including phenoxy) is 1. The second-order valence-corrected chi connectivity index (χ2v) is 9.65. The average molecular weight is 476 g/mol. The standard InChI is InChI=1S/C26H25N3O4S/c1-16-22-24(34-23(16)26(32)33-18-10-3-2-4-11-18)27-15-29(25(22)31)14-21(30)28-20-13-7-9-17-8-5-6-12-19(17)20/h5-9,12-13,15,18H,2-4,10-11,14H2,1H3,(H,28,30). The van der Waals surface area contributed by atoms with E-state index in [1.165, 1.54) is 28.7 Å². The van der Waals surface area contributed by atoms with E-state index in [4.69, 9.17) is 4.74 Å². The summed E-state index contributed by atoms with van der Waals surface area (Å²) in [5.74, 6) is -0.725. The fourth-order valence-electron chi connectivity index (χ4n) is 4.53. The van der Waals surface area contributed by atoms with Crippen LogP contribution in [0.25, 0.3) is 21.0 Å². The molecule has 8 heteroatoms. The smallest absolute Gasteiger partial charge is 0.348 e. The lowest BCUT2D eigenvalue weighted by atomic mass is 9.98. The van der Waals surface area contributed by atoms with Crippen LogP contribution in [0.15, 0.2) is 53.6 Å². The molecule has 0 radical (unpaired) electrons. The Morgan fingerprint density at radius 1 is 1.12 bits per heavy atom. The van der Waals surface area contributed by atoms with Crippen LogP contribution < -0.4 is 10.9 Å². The normalized spacial score (nSPS) is 14.4. The molecule has 5 rings (SSSR count). The number of benzene rings is 2. The minimum absolute atomic E-state index is 0.0618. The summed E-state index contributed by atoms with van der Waals surface area (Å²) in [5.41, 5.74) is 0.898. The second kappa shape index (κ2) is 9.38.